The van der Waals surface area contributed by atoms with E-state index in [0.717, 1.165) is 12.5 Å². The third-order valence-electron chi connectivity index (χ3n) is 2.90. The molecule has 72 valence electrons. The Hall–Kier alpha value is -0.0800. The lowest BCUT2D eigenvalue weighted by Crippen LogP contribution is -2.35. The van der Waals surface area contributed by atoms with Crippen LogP contribution in [0, 0.1) is 5.92 Å². The number of nitrogens with one attached hydrogen (secondary N) is 1. The quantitative estimate of drug-likeness (QED) is 0.672. The number of rotatable bonds is 4. The molecule has 0 aromatic rings. The second-order valence-electron chi connectivity index (χ2n) is 3.82. The van der Waals surface area contributed by atoms with Crippen molar-refractivity contribution in [1.82, 2.24) is 5.32 Å². The summed E-state index contributed by atoms with van der Waals surface area (Å²) >= 11 is 0. The van der Waals surface area contributed by atoms with Gasteiger partial charge in [0.2, 0.25) is 0 Å². The minimum atomic E-state index is 0.271. The van der Waals surface area contributed by atoms with Gasteiger partial charge in [0.1, 0.15) is 0 Å². The molecule has 0 spiro atoms. The highest BCUT2D eigenvalue weighted by Crippen LogP contribution is 2.26. The van der Waals surface area contributed by atoms with Crippen molar-refractivity contribution in [3.63, 3.8) is 0 Å². The average molecular weight is 171 g/mol. The third-order valence-corrected chi connectivity index (χ3v) is 2.90. The standard InChI is InChI=1S/C10H21NO/c1-2-9-4-3-5-10(8-9)11-6-7-12/h9-12H,2-8H2,1H3. The Balaban J connectivity index is 2.16. The number of hydrogen-bond donors (Lipinski definition) is 2. The van der Waals surface area contributed by atoms with Crippen LogP contribution in [0.15, 0.2) is 0 Å². The molecule has 2 heteroatoms. The molecule has 1 fully saturated rings. The Kier molecular flexibility index (Phi) is 4.62. The first-order valence-electron chi connectivity index (χ1n) is 5.21. The van der Waals surface area contributed by atoms with E-state index in [0.29, 0.717) is 6.04 Å². The van der Waals surface area contributed by atoms with Crippen LogP contribution in [-0.4, -0.2) is 24.3 Å². The molecule has 0 aromatic carbocycles. The Morgan fingerprint density at radius 3 is 2.92 bits per heavy atom. The molecule has 0 saturated heterocycles. The Morgan fingerprint density at radius 2 is 2.25 bits per heavy atom. The molecule has 2 N–H and O–H groups in total. The fourth-order valence-electron chi connectivity index (χ4n) is 2.12. The normalized spacial score (nSPS) is 30.5. The Labute approximate surface area is 75.4 Å². The van der Waals surface area contributed by atoms with Gasteiger partial charge in [-0.25, -0.2) is 0 Å². The predicted molar refractivity (Wildman–Crippen MR) is 51.1 cm³/mol. The van der Waals surface area contributed by atoms with Crippen LogP contribution in [0.4, 0.5) is 0 Å². The summed E-state index contributed by atoms with van der Waals surface area (Å²) in [6.45, 7) is 3.31. The number of hydrogen-bond acceptors (Lipinski definition) is 2. The zero-order valence-corrected chi connectivity index (χ0v) is 8.05. The summed E-state index contributed by atoms with van der Waals surface area (Å²) in [4.78, 5) is 0. The van der Waals surface area contributed by atoms with E-state index in [2.05, 4.69) is 12.2 Å². The SMILES string of the molecule is CCC1CCCC(NCCO)C1. The summed E-state index contributed by atoms with van der Waals surface area (Å²) in [5.41, 5.74) is 0. The van der Waals surface area contributed by atoms with Crippen LogP contribution in [-0.2, 0) is 0 Å². The van der Waals surface area contributed by atoms with Gasteiger partial charge in [-0.1, -0.05) is 26.2 Å². The van der Waals surface area contributed by atoms with Gasteiger partial charge < -0.3 is 10.4 Å². The predicted octanol–water partition coefficient (Wildman–Crippen LogP) is 1.54. The second kappa shape index (κ2) is 5.55. The van der Waals surface area contributed by atoms with E-state index in [1.807, 2.05) is 0 Å². The molecule has 2 unspecified atom stereocenters. The molecule has 0 heterocycles. The van der Waals surface area contributed by atoms with Crippen molar-refractivity contribution in [3.8, 4) is 0 Å². The molecule has 1 aliphatic carbocycles. The van der Waals surface area contributed by atoms with Crippen molar-refractivity contribution in [1.29, 1.82) is 0 Å². The zero-order chi connectivity index (χ0) is 8.81. The van der Waals surface area contributed by atoms with Gasteiger partial charge in [0, 0.05) is 12.6 Å². The van der Waals surface area contributed by atoms with Crippen molar-refractivity contribution in [2.24, 2.45) is 5.92 Å². The Morgan fingerprint density at radius 1 is 1.42 bits per heavy atom. The highest BCUT2D eigenvalue weighted by atomic mass is 16.3. The van der Waals surface area contributed by atoms with E-state index in [-0.39, 0.29) is 6.61 Å². The molecule has 0 aliphatic heterocycles. The lowest BCUT2D eigenvalue weighted by Gasteiger charge is -2.28. The highest BCUT2D eigenvalue weighted by Gasteiger charge is 2.19. The van der Waals surface area contributed by atoms with Crippen LogP contribution in [0.2, 0.25) is 0 Å². The van der Waals surface area contributed by atoms with E-state index >= 15 is 0 Å². The first-order chi connectivity index (χ1) is 5.86. The van der Waals surface area contributed by atoms with Crippen LogP contribution in [0.1, 0.15) is 39.0 Å². The topological polar surface area (TPSA) is 32.3 Å². The summed E-state index contributed by atoms with van der Waals surface area (Å²) < 4.78 is 0. The van der Waals surface area contributed by atoms with E-state index in [1.54, 1.807) is 0 Å². The van der Waals surface area contributed by atoms with Gasteiger partial charge in [-0.15, -0.1) is 0 Å². The van der Waals surface area contributed by atoms with Crippen LogP contribution in [0.3, 0.4) is 0 Å². The van der Waals surface area contributed by atoms with Gasteiger partial charge >= 0.3 is 0 Å². The molecular formula is C10H21NO. The zero-order valence-electron chi connectivity index (χ0n) is 8.05. The van der Waals surface area contributed by atoms with Gasteiger partial charge in [-0.05, 0) is 18.8 Å². The first-order valence-corrected chi connectivity index (χ1v) is 5.21. The van der Waals surface area contributed by atoms with Gasteiger partial charge in [-0.3, -0.25) is 0 Å². The molecule has 0 bridgehead atoms. The molecule has 0 radical (unpaired) electrons. The van der Waals surface area contributed by atoms with Crippen molar-refractivity contribution < 1.29 is 5.11 Å². The maximum Gasteiger partial charge on any atom is 0.0556 e. The average Bonchev–Trinajstić information content (AvgIpc) is 2.15. The van der Waals surface area contributed by atoms with E-state index in [4.69, 9.17) is 5.11 Å². The van der Waals surface area contributed by atoms with E-state index in [1.165, 1.54) is 32.1 Å². The third kappa shape index (κ3) is 3.11. The minimum absolute atomic E-state index is 0.271. The van der Waals surface area contributed by atoms with Crippen molar-refractivity contribution in [2.45, 2.75) is 45.1 Å². The largest absolute Gasteiger partial charge is 0.395 e. The highest BCUT2D eigenvalue weighted by molar-refractivity contribution is 4.76. The maximum atomic E-state index is 8.66. The molecule has 1 rings (SSSR count). The number of aliphatic hydroxyl groups is 1. The minimum Gasteiger partial charge on any atom is -0.395 e. The Bertz CT molecular complexity index is 116. The summed E-state index contributed by atoms with van der Waals surface area (Å²) in [6.07, 6.45) is 6.71. The summed E-state index contributed by atoms with van der Waals surface area (Å²) in [6, 6.07) is 0.677. The van der Waals surface area contributed by atoms with Crippen molar-refractivity contribution in [2.75, 3.05) is 13.2 Å². The van der Waals surface area contributed by atoms with Crippen molar-refractivity contribution >= 4 is 0 Å². The molecule has 12 heavy (non-hydrogen) atoms. The summed E-state index contributed by atoms with van der Waals surface area (Å²) in [7, 11) is 0. The molecule has 1 aliphatic rings. The smallest absolute Gasteiger partial charge is 0.0556 e. The fraction of sp³-hybridized carbons (Fsp3) is 1.00. The molecule has 0 aromatic heterocycles. The van der Waals surface area contributed by atoms with Crippen LogP contribution in [0.5, 0.6) is 0 Å². The fourth-order valence-corrected chi connectivity index (χ4v) is 2.12. The number of aliphatic hydroxyl groups excluding tert-OH is 1. The lowest BCUT2D eigenvalue weighted by atomic mass is 9.84. The molecule has 2 atom stereocenters. The summed E-state index contributed by atoms with van der Waals surface area (Å²) in [5.74, 6) is 0.926. The molecular weight excluding hydrogens is 150 g/mol. The van der Waals surface area contributed by atoms with Gasteiger partial charge in [0.15, 0.2) is 0 Å². The monoisotopic (exact) mass is 171 g/mol. The van der Waals surface area contributed by atoms with E-state index in [9.17, 15) is 0 Å². The lowest BCUT2D eigenvalue weighted by molar-refractivity contribution is 0.245. The molecule has 1 saturated carbocycles. The molecule has 0 amide bonds. The maximum absolute atomic E-state index is 8.66. The molecule has 2 nitrogen and oxygen atoms in total. The first kappa shape index (κ1) is 10.0. The van der Waals surface area contributed by atoms with Gasteiger partial charge in [0.25, 0.3) is 0 Å². The van der Waals surface area contributed by atoms with Gasteiger partial charge in [0.05, 0.1) is 6.61 Å². The second-order valence-corrected chi connectivity index (χ2v) is 3.82. The van der Waals surface area contributed by atoms with E-state index < -0.39 is 0 Å². The van der Waals surface area contributed by atoms with Crippen molar-refractivity contribution in [3.05, 3.63) is 0 Å². The summed E-state index contributed by atoms with van der Waals surface area (Å²) in [5, 5.41) is 12.0. The van der Waals surface area contributed by atoms with Gasteiger partial charge in [-0.2, -0.15) is 0 Å². The van der Waals surface area contributed by atoms with Crippen LogP contribution < -0.4 is 5.32 Å². The van der Waals surface area contributed by atoms with Crippen LogP contribution >= 0.6 is 0 Å². The van der Waals surface area contributed by atoms with Crippen LogP contribution in [0.25, 0.3) is 0 Å².